The molecule has 6 heteroatoms. The van der Waals surface area contributed by atoms with Gasteiger partial charge < -0.3 is 10.2 Å². The topological polar surface area (TPSA) is 67.2 Å². The third-order valence-electron chi connectivity index (χ3n) is 3.11. The summed E-state index contributed by atoms with van der Waals surface area (Å²) in [6, 6.07) is -0.0714. The predicted molar refractivity (Wildman–Crippen MR) is 61.4 cm³/mol. The van der Waals surface area contributed by atoms with Gasteiger partial charge in [0.25, 0.3) is 0 Å². The van der Waals surface area contributed by atoms with Crippen LogP contribution in [0.1, 0.15) is 12.8 Å². The molecular formula is C11H16N4O2. The van der Waals surface area contributed by atoms with Crippen molar-refractivity contribution in [3.05, 3.63) is 18.7 Å². The first-order valence-electron chi connectivity index (χ1n) is 5.71. The fourth-order valence-electron chi connectivity index (χ4n) is 2.07. The summed E-state index contributed by atoms with van der Waals surface area (Å²) in [5.74, 6) is 0.103. The molecule has 0 bridgehead atoms. The first-order chi connectivity index (χ1) is 8.22. The van der Waals surface area contributed by atoms with Crippen molar-refractivity contribution in [2.24, 2.45) is 5.92 Å². The van der Waals surface area contributed by atoms with Gasteiger partial charge in [0.15, 0.2) is 0 Å². The van der Waals surface area contributed by atoms with Gasteiger partial charge in [0.2, 0.25) is 5.91 Å². The highest BCUT2D eigenvalue weighted by Gasteiger charge is 2.27. The molecule has 1 fully saturated rings. The lowest BCUT2D eigenvalue weighted by Crippen LogP contribution is -2.43. The van der Waals surface area contributed by atoms with Gasteiger partial charge in [0.05, 0.1) is 0 Å². The molecule has 0 saturated carbocycles. The Morgan fingerprint density at radius 3 is 2.59 bits per heavy atom. The molecule has 92 valence electrons. The van der Waals surface area contributed by atoms with Crippen LogP contribution >= 0.6 is 0 Å². The molecule has 1 saturated heterocycles. The molecule has 0 atom stereocenters. The van der Waals surface area contributed by atoms with E-state index in [0.717, 1.165) is 12.8 Å². The number of nitrogens with zero attached hydrogens (tertiary/aromatic N) is 3. The van der Waals surface area contributed by atoms with E-state index in [2.05, 4.69) is 10.3 Å². The quantitative estimate of drug-likeness (QED) is 0.763. The third-order valence-corrected chi connectivity index (χ3v) is 3.11. The number of nitrogens with one attached hydrogen (secondary N) is 1. The van der Waals surface area contributed by atoms with Crippen molar-refractivity contribution in [3.63, 3.8) is 0 Å². The first-order valence-corrected chi connectivity index (χ1v) is 5.71. The van der Waals surface area contributed by atoms with Crippen molar-refractivity contribution in [3.8, 4) is 0 Å². The van der Waals surface area contributed by atoms with E-state index in [1.807, 2.05) is 0 Å². The fourth-order valence-corrected chi connectivity index (χ4v) is 2.07. The van der Waals surface area contributed by atoms with E-state index in [9.17, 15) is 9.59 Å². The van der Waals surface area contributed by atoms with Gasteiger partial charge in [-0.25, -0.2) is 9.78 Å². The lowest BCUT2D eigenvalue weighted by Gasteiger charge is -2.30. The summed E-state index contributed by atoms with van der Waals surface area (Å²) in [5.41, 5.74) is 0. The molecule has 0 radical (unpaired) electrons. The number of hydrogen-bond acceptors (Lipinski definition) is 3. The maximum Gasteiger partial charge on any atom is 0.329 e. The van der Waals surface area contributed by atoms with Crippen LogP contribution in [0, 0.1) is 5.92 Å². The second-order valence-electron chi connectivity index (χ2n) is 4.13. The van der Waals surface area contributed by atoms with Gasteiger partial charge in [-0.1, -0.05) is 0 Å². The molecule has 0 unspecified atom stereocenters. The molecule has 2 amide bonds. The van der Waals surface area contributed by atoms with E-state index < -0.39 is 0 Å². The van der Waals surface area contributed by atoms with Gasteiger partial charge in [0, 0.05) is 38.4 Å². The molecule has 0 aliphatic carbocycles. The monoisotopic (exact) mass is 236 g/mol. The largest absolute Gasteiger partial charge is 0.359 e. The minimum absolute atomic E-state index is 0.0341. The Hall–Kier alpha value is -1.85. The fraction of sp³-hybridized carbons (Fsp3) is 0.545. The van der Waals surface area contributed by atoms with Crippen molar-refractivity contribution in [1.82, 2.24) is 19.8 Å². The maximum atomic E-state index is 12.0. The minimum Gasteiger partial charge on any atom is -0.359 e. The zero-order chi connectivity index (χ0) is 12.3. The van der Waals surface area contributed by atoms with Crippen molar-refractivity contribution < 1.29 is 9.59 Å². The third kappa shape index (κ3) is 2.46. The number of rotatable bonds is 1. The van der Waals surface area contributed by atoms with Gasteiger partial charge in [-0.05, 0) is 12.8 Å². The van der Waals surface area contributed by atoms with E-state index in [4.69, 9.17) is 0 Å². The van der Waals surface area contributed by atoms with Gasteiger partial charge in [-0.3, -0.25) is 9.36 Å². The predicted octanol–water partition coefficient (Wildman–Crippen LogP) is 0.309. The van der Waals surface area contributed by atoms with Crippen LogP contribution in [0.5, 0.6) is 0 Å². The molecule has 0 spiro atoms. The molecule has 1 aromatic heterocycles. The number of carbonyl (C=O) groups excluding carboxylic acids is 2. The normalized spacial score (nSPS) is 16.9. The zero-order valence-electron chi connectivity index (χ0n) is 9.80. The maximum absolute atomic E-state index is 12.0. The summed E-state index contributed by atoms with van der Waals surface area (Å²) in [6.45, 7) is 1.24. The van der Waals surface area contributed by atoms with Crippen LogP contribution in [0.25, 0.3) is 0 Å². The molecule has 2 heterocycles. The highest BCUT2D eigenvalue weighted by Crippen LogP contribution is 2.17. The SMILES string of the molecule is CNC(=O)C1CCN(C(=O)n2ccnc2)CC1. The van der Waals surface area contributed by atoms with Crippen LogP contribution in [0.3, 0.4) is 0 Å². The van der Waals surface area contributed by atoms with Crippen molar-refractivity contribution in [1.29, 1.82) is 0 Å². The van der Waals surface area contributed by atoms with Crippen LogP contribution in [0.15, 0.2) is 18.7 Å². The minimum atomic E-state index is -0.0714. The number of likely N-dealkylation sites (tertiary alicyclic amines) is 1. The molecule has 1 aliphatic rings. The molecular weight excluding hydrogens is 220 g/mol. The summed E-state index contributed by atoms with van der Waals surface area (Å²) in [7, 11) is 1.64. The number of aromatic nitrogens is 2. The van der Waals surface area contributed by atoms with Crippen molar-refractivity contribution in [2.75, 3.05) is 20.1 Å². The van der Waals surface area contributed by atoms with Crippen LogP contribution in [-0.2, 0) is 4.79 Å². The number of amides is 2. The molecule has 17 heavy (non-hydrogen) atoms. The Kier molecular flexibility index (Phi) is 3.41. The summed E-state index contributed by atoms with van der Waals surface area (Å²) in [6.07, 6.45) is 6.15. The van der Waals surface area contributed by atoms with Gasteiger partial charge in [-0.15, -0.1) is 0 Å². The van der Waals surface area contributed by atoms with Crippen LogP contribution in [0.4, 0.5) is 4.79 Å². The molecule has 6 nitrogen and oxygen atoms in total. The molecule has 1 aromatic rings. The Balaban J connectivity index is 1.91. The number of piperidine rings is 1. The highest BCUT2D eigenvalue weighted by molar-refractivity contribution is 5.80. The summed E-state index contributed by atoms with van der Waals surface area (Å²) >= 11 is 0. The first kappa shape index (κ1) is 11.6. The molecule has 0 aromatic carbocycles. The Morgan fingerprint density at radius 1 is 1.35 bits per heavy atom. The van der Waals surface area contributed by atoms with Crippen LogP contribution in [0.2, 0.25) is 0 Å². The van der Waals surface area contributed by atoms with E-state index >= 15 is 0 Å². The molecule has 2 rings (SSSR count). The van der Waals surface area contributed by atoms with Crippen LogP contribution < -0.4 is 5.32 Å². The lowest BCUT2D eigenvalue weighted by molar-refractivity contribution is -0.125. The molecule has 1 aliphatic heterocycles. The van der Waals surface area contributed by atoms with Gasteiger partial charge >= 0.3 is 6.03 Å². The average molecular weight is 236 g/mol. The standard InChI is InChI=1S/C11H16N4O2/c1-12-10(16)9-2-5-14(6-3-9)11(17)15-7-4-13-8-15/h4,7-9H,2-3,5-6H2,1H3,(H,12,16). The summed E-state index contributed by atoms with van der Waals surface area (Å²) in [4.78, 5) is 29.0. The van der Waals surface area contributed by atoms with Gasteiger partial charge in [0.1, 0.15) is 6.33 Å². The van der Waals surface area contributed by atoms with Crippen molar-refractivity contribution >= 4 is 11.9 Å². The highest BCUT2D eigenvalue weighted by atomic mass is 16.2. The zero-order valence-corrected chi connectivity index (χ0v) is 9.80. The Labute approximate surface area is 99.6 Å². The van der Waals surface area contributed by atoms with E-state index in [0.29, 0.717) is 13.1 Å². The average Bonchev–Trinajstić information content (AvgIpc) is 2.91. The summed E-state index contributed by atoms with van der Waals surface area (Å²) < 4.78 is 1.46. The smallest absolute Gasteiger partial charge is 0.329 e. The van der Waals surface area contributed by atoms with E-state index in [1.54, 1.807) is 24.3 Å². The Morgan fingerprint density at radius 2 is 2.06 bits per heavy atom. The summed E-state index contributed by atoms with van der Waals surface area (Å²) in [5, 5.41) is 2.65. The van der Waals surface area contributed by atoms with Gasteiger partial charge in [-0.2, -0.15) is 0 Å². The number of carbonyl (C=O) groups is 2. The molecule has 1 N–H and O–H groups in total. The number of imidazole rings is 1. The number of hydrogen-bond donors (Lipinski definition) is 1. The van der Waals surface area contributed by atoms with Crippen molar-refractivity contribution in [2.45, 2.75) is 12.8 Å². The van der Waals surface area contributed by atoms with Crippen LogP contribution in [-0.4, -0.2) is 46.5 Å². The lowest BCUT2D eigenvalue weighted by atomic mass is 9.96. The Bertz CT molecular complexity index is 394. The van der Waals surface area contributed by atoms with E-state index in [-0.39, 0.29) is 17.9 Å². The second kappa shape index (κ2) is 4.99. The second-order valence-corrected chi connectivity index (χ2v) is 4.13. The van der Waals surface area contributed by atoms with E-state index in [1.165, 1.54) is 10.9 Å².